The zero-order valence-corrected chi connectivity index (χ0v) is 43.1. The van der Waals surface area contributed by atoms with Gasteiger partial charge in [0.1, 0.15) is 18.5 Å². The number of hydrogen-bond acceptors (Lipinski definition) is 0. The predicted octanol–water partition coefficient (Wildman–Crippen LogP) is 19.6. The fourth-order valence-corrected chi connectivity index (χ4v) is 13.0. The number of hydrogen-bond donors (Lipinski definition) is 0. The first kappa shape index (κ1) is 71.9. The number of alkyl halides is 31. The highest BCUT2D eigenvalue weighted by Gasteiger charge is 2.91. The lowest BCUT2D eigenvalue weighted by molar-refractivity contribution is -0.431. The van der Waals surface area contributed by atoms with Crippen molar-refractivity contribution in [3.05, 3.63) is 0 Å². The Balaban J connectivity index is 0.000000338. The SMILES string of the molecule is CC1C(C(F)(F)F)C(C(F)(F)F)C(C)[C@@H](C)C1C(F)(F)F.CC1C(F)C(F)C(F)[C@@H](C)C1F.CC1C[C@H](C)CC(C(F)(F)F)C1C(F)(F)F.CC1[C@H]2CC[C@@H]1C2(C)C(F)(F)F.C[C@H]1C(F)(F)C(C)(F)C(F)(F)C(F)(F)C1(F)F. The summed E-state index contributed by atoms with van der Waals surface area (Å²) in [6.07, 6.45) is -35.4. The van der Waals surface area contributed by atoms with Gasteiger partial charge in [-0.05, 0) is 80.0 Å². The second-order valence-corrected chi connectivity index (χ2v) is 22.6. The minimum atomic E-state index is -6.19. The normalized spacial score (nSPS) is 44.1. The largest absolute Gasteiger partial charge is 0.394 e. The molecule has 16 unspecified atom stereocenters. The maximum absolute atomic E-state index is 13.2. The summed E-state index contributed by atoms with van der Waals surface area (Å²) in [7, 11) is 0. The van der Waals surface area contributed by atoms with Crippen molar-refractivity contribution in [1.82, 2.24) is 0 Å². The van der Waals surface area contributed by atoms with Gasteiger partial charge in [0.2, 0.25) is 5.67 Å². The van der Waals surface area contributed by atoms with Gasteiger partial charge >= 0.3 is 54.8 Å². The van der Waals surface area contributed by atoms with Crippen molar-refractivity contribution < 1.29 is 136 Å². The molecule has 7 aliphatic carbocycles. The maximum Gasteiger partial charge on any atom is 0.394 e. The topological polar surface area (TPSA) is 0 Å². The zero-order chi connectivity index (χ0) is 62.4. The smallest absolute Gasteiger partial charge is 0.247 e. The van der Waals surface area contributed by atoms with Crippen LogP contribution < -0.4 is 0 Å². The average molecular weight is 1210 g/mol. The molecule has 0 nitrogen and oxygen atoms in total. The van der Waals surface area contributed by atoms with Crippen LogP contribution in [0, 0.1) is 100 Å². The summed E-state index contributed by atoms with van der Waals surface area (Å²) < 4.78 is 397. The second-order valence-electron chi connectivity index (χ2n) is 22.6. The van der Waals surface area contributed by atoms with Crippen LogP contribution in [0.2, 0.25) is 0 Å². The van der Waals surface area contributed by atoms with Crippen molar-refractivity contribution >= 4 is 0 Å². The summed E-state index contributed by atoms with van der Waals surface area (Å²) in [5.41, 5.74) is -6.41. The monoisotopic (exact) mass is 1210 g/mol. The highest BCUT2D eigenvalue weighted by molar-refractivity contribution is 5.20. The molecule has 22 atom stereocenters. The molecule has 0 N–H and O–H groups in total. The lowest BCUT2D eigenvalue weighted by atomic mass is 9.53. The summed E-state index contributed by atoms with van der Waals surface area (Å²) in [6, 6.07) is 0. The first-order valence-corrected chi connectivity index (χ1v) is 24.3. The van der Waals surface area contributed by atoms with Gasteiger partial charge in [-0.3, -0.25) is 0 Å². The average Bonchev–Trinajstić information content (AvgIpc) is 3.83. The molecule has 466 valence electrons. The number of rotatable bonds is 0. The molecule has 7 fully saturated rings. The third-order valence-electron chi connectivity index (χ3n) is 17.8. The molecule has 31 heteroatoms. The molecule has 2 bridgehead atoms. The van der Waals surface area contributed by atoms with E-state index in [0.717, 1.165) is 26.7 Å². The molecule has 0 spiro atoms. The Hall–Kier alpha value is -2.17. The first-order valence-electron chi connectivity index (χ1n) is 24.3. The van der Waals surface area contributed by atoms with E-state index in [-0.39, 0.29) is 31.1 Å². The van der Waals surface area contributed by atoms with Crippen LogP contribution in [0.1, 0.15) is 102 Å². The molecule has 0 aromatic heterocycles. The van der Waals surface area contributed by atoms with Gasteiger partial charge < -0.3 is 0 Å². The van der Waals surface area contributed by atoms with Crippen LogP contribution in [-0.4, -0.2) is 91.1 Å². The van der Waals surface area contributed by atoms with Crippen LogP contribution in [0.5, 0.6) is 0 Å². The van der Waals surface area contributed by atoms with E-state index >= 15 is 0 Å². The molecular weight excluding hydrogens is 1150 g/mol. The summed E-state index contributed by atoms with van der Waals surface area (Å²) >= 11 is 0. The number of halogens is 31. The Kier molecular flexibility index (Phi) is 21.0. The van der Waals surface area contributed by atoms with Gasteiger partial charge in [-0.25, -0.2) is 30.7 Å². The van der Waals surface area contributed by atoms with Crippen molar-refractivity contribution in [2.75, 3.05) is 0 Å². The Morgan fingerprint density at radius 1 is 0.346 bits per heavy atom. The van der Waals surface area contributed by atoms with Gasteiger partial charge in [-0.1, -0.05) is 69.2 Å². The molecule has 0 heterocycles. The summed E-state index contributed by atoms with van der Waals surface area (Å²) in [5, 5.41) is 0. The molecule has 0 radical (unpaired) electrons. The third kappa shape index (κ3) is 13.0. The summed E-state index contributed by atoms with van der Waals surface area (Å²) in [6.45, 7) is 10.5. The van der Waals surface area contributed by atoms with Crippen LogP contribution in [0.3, 0.4) is 0 Å². The van der Waals surface area contributed by atoms with Gasteiger partial charge in [0.05, 0.1) is 40.9 Å². The van der Waals surface area contributed by atoms with Gasteiger partial charge in [-0.2, -0.15) is 105 Å². The molecule has 7 rings (SSSR count). The lowest BCUT2D eigenvalue weighted by Crippen LogP contribution is -2.77. The third-order valence-corrected chi connectivity index (χ3v) is 17.8. The minimum absolute atomic E-state index is 0.0949. The highest BCUT2D eigenvalue weighted by Crippen LogP contribution is 2.71. The molecule has 7 saturated carbocycles. The van der Waals surface area contributed by atoms with Gasteiger partial charge in [-0.15, -0.1) is 0 Å². The van der Waals surface area contributed by atoms with E-state index in [1.165, 1.54) is 27.7 Å². The minimum Gasteiger partial charge on any atom is -0.247 e. The molecule has 78 heavy (non-hydrogen) atoms. The van der Waals surface area contributed by atoms with E-state index in [0.29, 0.717) is 12.8 Å². The first-order chi connectivity index (χ1) is 34.1. The summed E-state index contributed by atoms with van der Waals surface area (Å²) in [4.78, 5) is 0. The fraction of sp³-hybridized carbons (Fsp3) is 1.00. The Bertz CT molecular complexity index is 1820. The molecule has 0 aliphatic heterocycles. The summed E-state index contributed by atoms with van der Waals surface area (Å²) in [5.74, 6) is -48.4. The van der Waals surface area contributed by atoms with E-state index in [4.69, 9.17) is 0 Å². The highest BCUT2D eigenvalue weighted by atomic mass is 19.4. The lowest BCUT2D eigenvalue weighted by Gasteiger charge is -2.53. The number of fused-ring (bicyclic) bond motifs is 1. The van der Waals surface area contributed by atoms with Crippen molar-refractivity contribution in [2.24, 2.45) is 100 Å². The zero-order valence-electron chi connectivity index (χ0n) is 43.1. The van der Waals surface area contributed by atoms with E-state index in [1.54, 1.807) is 6.92 Å². The Morgan fingerprint density at radius 3 is 1.00 bits per heavy atom. The molecule has 0 aromatic carbocycles. The van der Waals surface area contributed by atoms with Crippen molar-refractivity contribution in [3.63, 3.8) is 0 Å². The molecule has 0 aromatic rings. The molecular formula is C47H61F31. The molecule has 7 aliphatic rings. The Morgan fingerprint density at radius 2 is 0.692 bits per heavy atom. The van der Waals surface area contributed by atoms with Crippen LogP contribution >= 0.6 is 0 Å². The van der Waals surface area contributed by atoms with Crippen LogP contribution in [0.4, 0.5) is 136 Å². The maximum atomic E-state index is 13.2. The van der Waals surface area contributed by atoms with E-state index < -0.39 is 181 Å². The molecule has 0 amide bonds. The van der Waals surface area contributed by atoms with E-state index in [1.807, 2.05) is 6.92 Å². The van der Waals surface area contributed by atoms with Gasteiger partial charge in [0, 0.05) is 11.8 Å². The predicted molar refractivity (Wildman–Crippen MR) is 219 cm³/mol. The van der Waals surface area contributed by atoms with Crippen LogP contribution in [0.15, 0.2) is 0 Å². The van der Waals surface area contributed by atoms with E-state index in [9.17, 15) is 136 Å². The second kappa shape index (κ2) is 22.8. The van der Waals surface area contributed by atoms with Crippen molar-refractivity contribution in [3.8, 4) is 0 Å². The fourth-order valence-electron chi connectivity index (χ4n) is 13.0. The van der Waals surface area contributed by atoms with Crippen LogP contribution in [-0.2, 0) is 0 Å². The Labute approximate surface area is 429 Å². The van der Waals surface area contributed by atoms with Crippen molar-refractivity contribution in [2.45, 2.75) is 193 Å². The van der Waals surface area contributed by atoms with Crippen molar-refractivity contribution in [1.29, 1.82) is 0 Å². The van der Waals surface area contributed by atoms with E-state index in [2.05, 4.69) is 0 Å². The van der Waals surface area contributed by atoms with Crippen LogP contribution in [0.25, 0.3) is 0 Å². The molecule has 0 saturated heterocycles. The van der Waals surface area contributed by atoms with Gasteiger partial charge in [0.15, 0.2) is 6.17 Å². The van der Waals surface area contributed by atoms with Gasteiger partial charge in [0.25, 0.3) is 5.92 Å². The quantitative estimate of drug-likeness (QED) is 0.212. The standard InChI is InChI=1S/C12H15F9.C10H14F6.C9H13F3.C8H7F9.C8H12F4/c1-4-5(2)8(11(16,17)18)9(12(19,20)21)6(3)7(4)10(13,14)15;1-5-3-6(2)8(10(14,15)16)7(4-5)9(11,12)13;1-5-6-3-4-7(5)8(6,2)9(10,11)12;1-3-5(10,11)4(2,9)7(14,15)8(16,17)6(3,12)13;1-3-5(9)4(2)7(11)8(12)6(3)10/h4-9H,1-3H3;5-8H,3-4H2,1-2H3;5-7H,3-4H2,1-2H3;3H,1-2H3;3-8H,1-2H3/t4-,5?,6?,7?,8?,9?;5-,6?,7?,8?;5?,6-,7+,8?;3-,4?;3-,4?,5?,6?,7?,8?/m10.00/s1.